The van der Waals surface area contributed by atoms with Gasteiger partial charge in [-0.25, -0.2) is 0 Å². The van der Waals surface area contributed by atoms with Crippen LogP contribution in [0.1, 0.15) is 36.0 Å². The summed E-state index contributed by atoms with van der Waals surface area (Å²) in [6, 6.07) is 6.41. The highest BCUT2D eigenvalue weighted by molar-refractivity contribution is 5.83. The maximum absolute atomic E-state index is 12.2. The van der Waals surface area contributed by atoms with Gasteiger partial charge in [0.25, 0.3) is 0 Å². The van der Waals surface area contributed by atoms with Crippen LogP contribution in [0.25, 0.3) is 0 Å². The van der Waals surface area contributed by atoms with Crippen LogP contribution in [-0.2, 0) is 11.2 Å². The maximum Gasteiger partial charge on any atom is 0.140 e. The molecular formula is C16H20O. The molecule has 1 nitrogen and oxygen atoms in total. The van der Waals surface area contributed by atoms with E-state index >= 15 is 0 Å². The van der Waals surface area contributed by atoms with Gasteiger partial charge in [-0.3, -0.25) is 4.79 Å². The summed E-state index contributed by atoms with van der Waals surface area (Å²) in [5.41, 5.74) is 3.80. The molecule has 0 spiro atoms. The Bertz CT molecular complexity index is 451. The number of benzene rings is 1. The van der Waals surface area contributed by atoms with Crippen LogP contribution in [0.4, 0.5) is 0 Å². The van der Waals surface area contributed by atoms with Crippen molar-refractivity contribution in [2.45, 2.75) is 39.5 Å². The Morgan fingerprint density at radius 1 is 1.12 bits per heavy atom. The van der Waals surface area contributed by atoms with Crippen LogP contribution in [0.3, 0.4) is 0 Å². The highest BCUT2D eigenvalue weighted by Gasteiger charge is 2.47. The molecule has 0 radical (unpaired) electrons. The molecule has 2 unspecified atom stereocenters. The van der Waals surface area contributed by atoms with Crippen molar-refractivity contribution in [2.75, 3.05) is 0 Å². The minimum atomic E-state index is 0.375. The quantitative estimate of drug-likeness (QED) is 0.774. The standard InChI is InChI=1S/C16H20O/c1-10-3-4-12(5-11(10)2)6-16(17)15-8-13-7-14(13)9-15/h3-5,13-15H,6-9H2,1-2H3. The number of aryl methyl sites for hydroxylation is 2. The third-order valence-corrected chi connectivity index (χ3v) is 4.65. The van der Waals surface area contributed by atoms with Crippen molar-refractivity contribution in [2.24, 2.45) is 17.8 Å². The fourth-order valence-electron chi connectivity index (χ4n) is 3.24. The monoisotopic (exact) mass is 228 g/mol. The van der Waals surface area contributed by atoms with Gasteiger partial charge in [0.2, 0.25) is 0 Å². The molecule has 2 aliphatic carbocycles. The van der Waals surface area contributed by atoms with E-state index in [1.165, 1.54) is 36.0 Å². The first-order valence-corrected chi connectivity index (χ1v) is 6.72. The first-order chi connectivity index (χ1) is 8.13. The Kier molecular flexibility index (Phi) is 2.57. The maximum atomic E-state index is 12.2. The van der Waals surface area contributed by atoms with Crippen molar-refractivity contribution < 1.29 is 4.79 Å². The van der Waals surface area contributed by atoms with E-state index in [1.807, 2.05) is 0 Å². The van der Waals surface area contributed by atoms with Gasteiger partial charge in [-0.05, 0) is 61.6 Å². The molecule has 1 aromatic rings. The van der Waals surface area contributed by atoms with E-state index in [1.54, 1.807) is 0 Å². The summed E-state index contributed by atoms with van der Waals surface area (Å²) in [5.74, 6) is 2.66. The lowest BCUT2D eigenvalue weighted by atomic mass is 9.93. The third-order valence-electron chi connectivity index (χ3n) is 4.65. The van der Waals surface area contributed by atoms with E-state index in [-0.39, 0.29) is 0 Å². The number of fused-ring (bicyclic) bond motifs is 1. The number of hydrogen-bond acceptors (Lipinski definition) is 1. The molecular weight excluding hydrogens is 208 g/mol. The normalized spacial score (nSPS) is 30.1. The molecule has 0 bridgehead atoms. The van der Waals surface area contributed by atoms with Gasteiger partial charge in [-0.15, -0.1) is 0 Å². The molecule has 90 valence electrons. The zero-order valence-corrected chi connectivity index (χ0v) is 10.7. The molecule has 2 aliphatic rings. The van der Waals surface area contributed by atoms with Gasteiger partial charge >= 0.3 is 0 Å². The lowest BCUT2D eigenvalue weighted by Crippen LogP contribution is -2.15. The van der Waals surface area contributed by atoms with Crippen molar-refractivity contribution in [3.63, 3.8) is 0 Å². The van der Waals surface area contributed by atoms with Crippen LogP contribution in [0.2, 0.25) is 0 Å². The zero-order valence-electron chi connectivity index (χ0n) is 10.7. The summed E-state index contributed by atoms with van der Waals surface area (Å²) in [4.78, 5) is 12.2. The zero-order chi connectivity index (χ0) is 12.0. The predicted octanol–water partition coefficient (Wildman–Crippen LogP) is 3.46. The first-order valence-electron chi connectivity index (χ1n) is 6.72. The fraction of sp³-hybridized carbons (Fsp3) is 0.562. The van der Waals surface area contributed by atoms with Crippen molar-refractivity contribution in [1.82, 2.24) is 0 Å². The van der Waals surface area contributed by atoms with Crippen molar-refractivity contribution in [3.05, 3.63) is 34.9 Å². The molecule has 2 atom stereocenters. The van der Waals surface area contributed by atoms with Gasteiger partial charge in [-0.2, -0.15) is 0 Å². The van der Waals surface area contributed by atoms with Crippen LogP contribution >= 0.6 is 0 Å². The Labute approximate surface area is 103 Å². The van der Waals surface area contributed by atoms with Crippen LogP contribution in [0, 0.1) is 31.6 Å². The molecule has 3 rings (SSSR count). The van der Waals surface area contributed by atoms with Gasteiger partial charge in [0.15, 0.2) is 0 Å². The summed E-state index contributed by atoms with van der Waals surface area (Å²) < 4.78 is 0. The molecule has 2 saturated carbocycles. The number of carbonyl (C=O) groups excluding carboxylic acids is 1. The van der Waals surface area contributed by atoms with Crippen molar-refractivity contribution in [1.29, 1.82) is 0 Å². The van der Waals surface area contributed by atoms with Gasteiger partial charge in [0.05, 0.1) is 0 Å². The van der Waals surface area contributed by atoms with Crippen molar-refractivity contribution in [3.8, 4) is 0 Å². The lowest BCUT2D eigenvalue weighted by Gasteiger charge is -2.11. The van der Waals surface area contributed by atoms with Gasteiger partial charge < -0.3 is 0 Å². The fourth-order valence-corrected chi connectivity index (χ4v) is 3.24. The largest absolute Gasteiger partial charge is 0.299 e. The molecule has 0 heterocycles. The van der Waals surface area contributed by atoms with Crippen LogP contribution in [-0.4, -0.2) is 5.78 Å². The third kappa shape index (κ3) is 2.15. The smallest absolute Gasteiger partial charge is 0.140 e. The topological polar surface area (TPSA) is 17.1 Å². The van der Waals surface area contributed by atoms with Crippen LogP contribution in [0.5, 0.6) is 0 Å². The molecule has 0 saturated heterocycles. The van der Waals surface area contributed by atoms with Gasteiger partial charge in [0.1, 0.15) is 5.78 Å². The molecule has 1 heteroatoms. The Morgan fingerprint density at radius 3 is 2.47 bits per heavy atom. The molecule has 0 N–H and O–H groups in total. The number of ketones is 1. The van der Waals surface area contributed by atoms with Crippen LogP contribution < -0.4 is 0 Å². The second-order valence-corrected chi connectivity index (χ2v) is 5.99. The van der Waals surface area contributed by atoms with E-state index in [0.29, 0.717) is 18.1 Å². The second kappa shape index (κ2) is 3.97. The van der Waals surface area contributed by atoms with E-state index in [9.17, 15) is 4.79 Å². The summed E-state index contributed by atoms with van der Waals surface area (Å²) in [6.07, 6.45) is 4.39. The minimum absolute atomic E-state index is 0.375. The Balaban J connectivity index is 1.65. The average Bonchev–Trinajstić information content (AvgIpc) is 2.91. The van der Waals surface area contributed by atoms with Crippen molar-refractivity contribution >= 4 is 5.78 Å². The second-order valence-electron chi connectivity index (χ2n) is 5.99. The van der Waals surface area contributed by atoms with Crippen LogP contribution in [0.15, 0.2) is 18.2 Å². The van der Waals surface area contributed by atoms with E-state index in [4.69, 9.17) is 0 Å². The SMILES string of the molecule is Cc1ccc(CC(=O)C2CC3CC3C2)cc1C. The highest BCUT2D eigenvalue weighted by atomic mass is 16.1. The minimum Gasteiger partial charge on any atom is -0.299 e. The average molecular weight is 228 g/mol. The first kappa shape index (κ1) is 11.0. The predicted molar refractivity (Wildman–Crippen MR) is 68.9 cm³/mol. The summed E-state index contributed by atoms with van der Waals surface area (Å²) >= 11 is 0. The molecule has 0 amide bonds. The molecule has 0 aromatic heterocycles. The number of Topliss-reactive ketones (excluding diaryl/α,β-unsaturated/α-hetero) is 1. The Hall–Kier alpha value is -1.11. The molecule has 2 fully saturated rings. The van der Waals surface area contributed by atoms with Gasteiger partial charge in [0, 0.05) is 12.3 Å². The molecule has 0 aliphatic heterocycles. The Morgan fingerprint density at radius 2 is 1.82 bits per heavy atom. The molecule has 17 heavy (non-hydrogen) atoms. The summed E-state index contributed by atoms with van der Waals surface area (Å²) in [5, 5.41) is 0. The van der Waals surface area contributed by atoms with E-state index < -0.39 is 0 Å². The lowest BCUT2D eigenvalue weighted by molar-refractivity contribution is -0.122. The number of carbonyl (C=O) groups is 1. The van der Waals surface area contributed by atoms with E-state index in [0.717, 1.165) is 11.8 Å². The summed E-state index contributed by atoms with van der Waals surface area (Å²) in [7, 11) is 0. The highest BCUT2D eigenvalue weighted by Crippen LogP contribution is 2.54. The number of hydrogen-bond donors (Lipinski definition) is 0. The summed E-state index contributed by atoms with van der Waals surface area (Å²) in [6.45, 7) is 4.24. The van der Waals surface area contributed by atoms with Gasteiger partial charge in [-0.1, -0.05) is 18.2 Å². The van der Waals surface area contributed by atoms with E-state index in [2.05, 4.69) is 32.0 Å². The molecule has 1 aromatic carbocycles. The number of rotatable bonds is 3.